The molecule has 4 heteroatoms. The van der Waals surface area contributed by atoms with Gasteiger partial charge < -0.3 is 9.52 Å². The van der Waals surface area contributed by atoms with Crippen molar-refractivity contribution in [3.8, 4) is 0 Å². The van der Waals surface area contributed by atoms with Crippen LogP contribution in [0.1, 0.15) is 36.8 Å². The number of aliphatic hydroxyl groups excluding tert-OH is 1. The van der Waals surface area contributed by atoms with E-state index in [2.05, 4.69) is 11.8 Å². The molecule has 0 spiro atoms. The summed E-state index contributed by atoms with van der Waals surface area (Å²) in [6.07, 6.45) is 1.37. The first-order valence-electron chi connectivity index (χ1n) is 7.77. The topological polar surface area (TPSA) is 36.6 Å². The number of halogens is 1. The van der Waals surface area contributed by atoms with Crippen LogP contribution in [-0.2, 0) is 13.1 Å². The Bertz CT molecular complexity index is 565. The van der Waals surface area contributed by atoms with Gasteiger partial charge in [-0.2, -0.15) is 0 Å². The predicted molar refractivity (Wildman–Crippen MR) is 84.9 cm³/mol. The quantitative estimate of drug-likeness (QED) is 0.804. The van der Waals surface area contributed by atoms with Crippen molar-refractivity contribution in [1.82, 2.24) is 4.90 Å². The van der Waals surface area contributed by atoms with Crippen LogP contribution in [0.3, 0.4) is 0 Å². The molecule has 2 aromatic rings. The highest BCUT2D eigenvalue weighted by molar-refractivity contribution is 5.16. The molecule has 22 heavy (non-hydrogen) atoms. The minimum atomic E-state index is -0.360. The van der Waals surface area contributed by atoms with Crippen LogP contribution in [0.15, 0.2) is 40.8 Å². The zero-order valence-electron chi connectivity index (χ0n) is 13.3. The number of hydrogen-bond donors (Lipinski definition) is 1. The maximum atomic E-state index is 13.0. The third-order valence-corrected chi connectivity index (χ3v) is 3.59. The Morgan fingerprint density at radius 2 is 1.86 bits per heavy atom. The van der Waals surface area contributed by atoms with Crippen molar-refractivity contribution in [2.45, 2.75) is 45.9 Å². The first kappa shape index (κ1) is 16.7. The second-order valence-electron chi connectivity index (χ2n) is 5.75. The van der Waals surface area contributed by atoms with Gasteiger partial charge in [-0.3, -0.25) is 4.90 Å². The summed E-state index contributed by atoms with van der Waals surface area (Å²) in [5.74, 6) is 1.53. The normalized spacial score (nSPS) is 12.8. The fraction of sp³-hybridized carbons (Fsp3) is 0.444. The van der Waals surface area contributed by atoms with Crippen molar-refractivity contribution in [3.63, 3.8) is 0 Å². The van der Waals surface area contributed by atoms with Crippen LogP contribution in [0.2, 0.25) is 0 Å². The van der Waals surface area contributed by atoms with Crippen LogP contribution in [0.25, 0.3) is 0 Å². The van der Waals surface area contributed by atoms with E-state index in [4.69, 9.17) is 4.42 Å². The van der Waals surface area contributed by atoms with Gasteiger partial charge in [-0.1, -0.05) is 25.5 Å². The monoisotopic (exact) mass is 305 g/mol. The van der Waals surface area contributed by atoms with Crippen molar-refractivity contribution < 1.29 is 13.9 Å². The SMILES string of the molecule is CCC[C@H](O)CN(Cc1ccc(F)cc1)Cc1ccc(C)o1. The Morgan fingerprint density at radius 3 is 2.45 bits per heavy atom. The van der Waals surface area contributed by atoms with Gasteiger partial charge in [0.25, 0.3) is 0 Å². The molecule has 2 rings (SSSR count). The van der Waals surface area contributed by atoms with Crippen LogP contribution in [0.4, 0.5) is 4.39 Å². The van der Waals surface area contributed by atoms with Gasteiger partial charge in [0, 0.05) is 13.1 Å². The van der Waals surface area contributed by atoms with E-state index in [0.717, 1.165) is 29.9 Å². The van der Waals surface area contributed by atoms with Crippen LogP contribution < -0.4 is 0 Å². The Morgan fingerprint density at radius 1 is 1.14 bits per heavy atom. The summed E-state index contributed by atoms with van der Waals surface area (Å²) in [5, 5.41) is 10.1. The Kier molecular flexibility index (Phi) is 6.16. The lowest BCUT2D eigenvalue weighted by atomic mass is 10.1. The zero-order chi connectivity index (χ0) is 15.9. The maximum Gasteiger partial charge on any atom is 0.123 e. The number of benzene rings is 1. The minimum absolute atomic E-state index is 0.233. The molecular weight excluding hydrogens is 281 g/mol. The first-order chi connectivity index (χ1) is 10.6. The molecule has 120 valence electrons. The van der Waals surface area contributed by atoms with Crippen LogP contribution in [0.5, 0.6) is 0 Å². The van der Waals surface area contributed by atoms with E-state index >= 15 is 0 Å². The van der Waals surface area contributed by atoms with E-state index in [-0.39, 0.29) is 11.9 Å². The summed E-state index contributed by atoms with van der Waals surface area (Å²) in [6, 6.07) is 10.4. The van der Waals surface area contributed by atoms with E-state index < -0.39 is 0 Å². The molecule has 1 aromatic carbocycles. The largest absolute Gasteiger partial charge is 0.465 e. The Balaban J connectivity index is 2.04. The molecule has 1 N–H and O–H groups in total. The highest BCUT2D eigenvalue weighted by Gasteiger charge is 2.14. The zero-order valence-corrected chi connectivity index (χ0v) is 13.3. The average Bonchev–Trinajstić information content (AvgIpc) is 2.87. The van der Waals surface area contributed by atoms with Gasteiger partial charge in [-0.15, -0.1) is 0 Å². The molecule has 0 saturated carbocycles. The summed E-state index contributed by atoms with van der Waals surface area (Å²) in [6.45, 7) is 5.83. The molecule has 0 aliphatic heterocycles. The van der Waals surface area contributed by atoms with Gasteiger partial charge >= 0.3 is 0 Å². The molecule has 1 aromatic heterocycles. The van der Waals surface area contributed by atoms with Gasteiger partial charge in [0.05, 0.1) is 12.6 Å². The van der Waals surface area contributed by atoms with Crippen molar-refractivity contribution in [2.75, 3.05) is 6.54 Å². The molecule has 0 unspecified atom stereocenters. The number of nitrogens with zero attached hydrogens (tertiary/aromatic N) is 1. The lowest BCUT2D eigenvalue weighted by Gasteiger charge is -2.24. The molecule has 1 atom stereocenters. The molecule has 0 radical (unpaired) electrons. The van der Waals surface area contributed by atoms with Crippen molar-refractivity contribution in [1.29, 1.82) is 0 Å². The molecule has 0 bridgehead atoms. The van der Waals surface area contributed by atoms with E-state index in [1.54, 1.807) is 12.1 Å². The minimum Gasteiger partial charge on any atom is -0.465 e. The predicted octanol–water partition coefficient (Wildman–Crippen LogP) is 3.89. The van der Waals surface area contributed by atoms with Crippen LogP contribution in [0, 0.1) is 12.7 Å². The summed E-state index contributed by atoms with van der Waals surface area (Å²) >= 11 is 0. The highest BCUT2D eigenvalue weighted by Crippen LogP contribution is 2.14. The van der Waals surface area contributed by atoms with Gasteiger partial charge in [-0.05, 0) is 43.2 Å². The number of hydrogen-bond acceptors (Lipinski definition) is 3. The molecule has 1 heterocycles. The molecule has 3 nitrogen and oxygen atoms in total. The number of aryl methyl sites for hydroxylation is 1. The van der Waals surface area contributed by atoms with Gasteiger partial charge in [-0.25, -0.2) is 4.39 Å². The summed E-state index contributed by atoms with van der Waals surface area (Å²) in [5.41, 5.74) is 1.02. The number of furan rings is 1. The third-order valence-electron chi connectivity index (χ3n) is 3.59. The third kappa shape index (κ3) is 5.28. The summed E-state index contributed by atoms with van der Waals surface area (Å²) in [7, 11) is 0. The highest BCUT2D eigenvalue weighted by atomic mass is 19.1. The first-order valence-corrected chi connectivity index (χ1v) is 7.77. The lowest BCUT2D eigenvalue weighted by molar-refractivity contribution is 0.0930. The molecule has 0 aliphatic carbocycles. The Hall–Kier alpha value is -1.65. The number of rotatable bonds is 8. The van der Waals surface area contributed by atoms with E-state index in [1.807, 2.05) is 19.1 Å². The maximum absolute atomic E-state index is 13.0. The van der Waals surface area contributed by atoms with Crippen molar-refractivity contribution >= 4 is 0 Å². The molecule has 0 fully saturated rings. The summed E-state index contributed by atoms with van der Waals surface area (Å²) in [4.78, 5) is 2.13. The smallest absolute Gasteiger partial charge is 0.123 e. The number of aliphatic hydroxyl groups is 1. The molecular formula is C18H24FNO2. The molecule has 0 saturated heterocycles. The van der Waals surface area contributed by atoms with E-state index in [0.29, 0.717) is 19.6 Å². The second kappa shape index (κ2) is 8.11. The lowest BCUT2D eigenvalue weighted by Crippen LogP contribution is -2.31. The van der Waals surface area contributed by atoms with Gasteiger partial charge in [0.2, 0.25) is 0 Å². The molecule has 0 aliphatic rings. The van der Waals surface area contributed by atoms with Gasteiger partial charge in [0.15, 0.2) is 0 Å². The fourth-order valence-electron chi connectivity index (χ4n) is 2.55. The Labute approximate surface area is 131 Å². The molecule has 0 amide bonds. The van der Waals surface area contributed by atoms with E-state index in [9.17, 15) is 9.50 Å². The van der Waals surface area contributed by atoms with E-state index in [1.165, 1.54) is 12.1 Å². The second-order valence-corrected chi connectivity index (χ2v) is 5.75. The van der Waals surface area contributed by atoms with Crippen molar-refractivity contribution in [3.05, 3.63) is 59.3 Å². The van der Waals surface area contributed by atoms with Crippen LogP contribution >= 0.6 is 0 Å². The van der Waals surface area contributed by atoms with Crippen molar-refractivity contribution in [2.24, 2.45) is 0 Å². The fourth-order valence-corrected chi connectivity index (χ4v) is 2.55. The standard InChI is InChI=1S/C18H24FNO2/c1-3-4-17(21)12-20(13-18-10-5-14(2)22-18)11-15-6-8-16(19)9-7-15/h5-10,17,21H,3-4,11-13H2,1-2H3/t17-/m0/s1. The average molecular weight is 305 g/mol. The van der Waals surface area contributed by atoms with Crippen LogP contribution in [-0.4, -0.2) is 22.7 Å². The van der Waals surface area contributed by atoms with Gasteiger partial charge in [0.1, 0.15) is 17.3 Å². The summed E-state index contributed by atoms with van der Waals surface area (Å²) < 4.78 is 18.6.